The lowest BCUT2D eigenvalue weighted by molar-refractivity contribution is -0.129. The summed E-state index contributed by atoms with van der Waals surface area (Å²) in [5, 5.41) is 0. The van der Waals surface area contributed by atoms with Gasteiger partial charge in [-0.1, -0.05) is 13.3 Å². The number of nitrogens with zero attached hydrogens (tertiary/aromatic N) is 3. The van der Waals surface area contributed by atoms with Crippen LogP contribution in [0.25, 0.3) is 0 Å². The van der Waals surface area contributed by atoms with Crippen LogP contribution in [-0.4, -0.2) is 74.1 Å². The molecule has 1 unspecified atom stereocenters. The Morgan fingerprint density at radius 1 is 1.11 bits per heavy atom. The van der Waals surface area contributed by atoms with Crippen molar-refractivity contribution in [2.24, 2.45) is 11.3 Å². The molecular weight excluding hydrogens is 222 g/mol. The van der Waals surface area contributed by atoms with Crippen LogP contribution in [0.1, 0.15) is 27.2 Å². The van der Waals surface area contributed by atoms with Gasteiger partial charge in [-0.3, -0.25) is 4.90 Å². The molecule has 0 aromatic rings. The predicted molar refractivity (Wildman–Crippen MR) is 77.9 cm³/mol. The van der Waals surface area contributed by atoms with Gasteiger partial charge in [0, 0.05) is 50.7 Å². The molecule has 2 aliphatic heterocycles. The molecule has 1 spiro atoms. The Morgan fingerprint density at radius 2 is 1.72 bits per heavy atom. The fourth-order valence-electron chi connectivity index (χ4n) is 3.61. The summed E-state index contributed by atoms with van der Waals surface area (Å²) in [6.45, 7) is 14.9. The number of hydrogen-bond donors (Lipinski definition) is 0. The van der Waals surface area contributed by atoms with E-state index in [9.17, 15) is 0 Å². The fraction of sp³-hybridized carbons (Fsp3) is 1.00. The van der Waals surface area contributed by atoms with Crippen LogP contribution >= 0.6 is 0 Å². The summed E-state index contributed by atoms with van der Waals surface area (Å²) in [6, 6.07) is 0.738. The molecule has 3 nitrogen and oxygen atoms in total. The number of rotatable bonds is 6. The molecule has 2 fully saturated rings. The van der Waals surface area contributed by atoms with Gasteiger partial charge in [0.05, 0.1) is 0 Å². The maximum atomic E-state index is 2.68. The van der Waals surface area contributed by atoms with Crippen LogP contribution in [0.5, 0.6) is 0 Å². The van der Waals surface area contributed by atoms with Crippen LogP contribution in [0, 0.1) is 11.3 Å². The smallest absolute Gasteiger partial charge is 0.0212 e. The Hall–Kier alpha value is -0.120. The standard InChI is InChI=1S/C15H31N3/c1-6-14(7-16(4)5)8-17-9-15(10-17)11-18(12-15)13(2)3/h13-14H,6-12H2,1-5H3. The third-order valence-corrected chi connectivity index (χ3v) is 4.64. The van der Waals surface area contributed by atoms with Crippen LogP contribution in [0.2, 0.25) is 0 Å². The first-order valence-electron chi connectivity index (χ1n) is 7.55. The third-order valence-electron chi connectivity index (χ3n) is 4.64. The highest BCUT2D eigenvalue weighted by Crippen LogP contribution is 2.40. The average molecular weight is 253 g/mol. The van der Waals surface area contributed by atoms with Crippen LogP contribution in [0.15, 0.2) is 0 Å². The molecule has 0 amide bonds. The van der Waals surface area contributed by atoms with Gasteiger partial charge in [0.25, 0.3) is 0 Å². The summed E-state index contributed by atoms with van der Waals surface area (Å²) >= 11 is 0. The van der Waals surface area contributed by atoms with Crippen LogP contribution in [0.4, 0.5) is 0 Å². The van der Waals surface area contributed by atoms with Crippen molar-refractivity contribution in [1.82, 2.24) is 14.7 Å². The molecule has 2 heterocycles. The SMILES string of the molecule is CCC(CN(C)C)CN1CC2(C1)CN(C(C)C)C2. The molecule has 0 aromatic carbocycles. The highest BCUT2D eigenvalue weighted by molar-refractivity contribution is 5.06. The lowest BCUT2D eigenvalue weighted by Gasteiger charge is -2.62. The topological polar surface area (TPSA) is 9.72 Å². The summed E-state index contributed by atoms with van der Waals surface area (Å²) in [5.74, 6) is 0.846. The molecule has 0 aliphatic carbocycles. The molecule has 0 bridgehead atoms. The lowest BCUT2D eigenvalue weighted by atomic mass is 9.72. The quantitative estimate of drug-likeness (QED) is 0.712. The summed E-state index contributed by atoms with van der Waals surface area (Å²) in [7, 11) is 4.37. The van der Waals surface area contributed by atoms with Crippen molar-refractivity contribution in [2.45, 2.75) is 33.2 Å². The van der Waals surface area contributed by atoms with Crippen molar-refractivity contribution in [3.05, 3.63) is 0 Å². The Balaban J connectivity index is 1.67. The van der Waals surface area contributed by atoms with Crippen molar-refractivity contribution in [2.75, 3.05) is 53.4 Å². The van der Waals surface area contributed by atoms with E-state index < -0.39 is 0 Å². The fourth-order valence-corrected chi connectivity index (χ4v) is 3.61. The second kappa shape index (κ2) is 5.48. The van der Waals surface area contributed by atoms with Crippen molar-refractivity contribution in [3.63, 3.8) is 0 Å². The van der Waals surface area contributed by atoms with Crippen LogP contribution in [-0.2, 0) is 0 Å². The second-order valence-corrected chi connectivity index (χ2v) is 7.20. The molecule has 0 N–H and O–H groups in total. The molecule has 106 valence electrons. The van der Waals surface area contributed by atoms with Gasteiger partial charge in [0.1, 0.15) is 0 Å². The van der Waals surface area contributed by atoms with Gasteiger partial charge < -0.3 is 9.80 Å². The second-order valence-electron chi connectivity index (χ2n) is 7.20. The third kappa shape index (κ3) is 3.06. The average Bonchev–Trinajstić information content (AvgIpc) is 2.16. The largest absolute Gasteiger partial charge is 0.309 e. The monoisotopic (exact) mass is 253 g/mol. The van der Waals surface area contributed by atoms with Gasteiger partial charge in [-0.2, -0.15) is 0 Å². The number of likely N-dealkylation sites (tertiary alicyclic amines) is 2. The van der Waals surface area contributed by atoms with Gasteiger partial charge in [0.2, 0.25) is 0 Å². The molecule has 2 rings (SSSR count). The van der Waals surface area contributed by atoms with E-state index in [1.165, 1.54) is 45.7 Å². The molecule has 2 aliphatic rings. The zero-order valence-corrected chi connectivity index (χ0v) is 12.9. The molecule has 0 saturated carbocycles. The zero-order chi connectivity index (χ0) is 13.3. The Bertz CT molecular complexity index is 261. The van der Waals surface area contributed by atoms with E-state index in [0.29, 0.717) is 5.41 Å². The van der Waals surface area contributed by atoms with Crippen LogP contribution < -0.4 is 0 Å². The van der Waals surface area contributed by atoms with E-state index in [4.69, 9.17) is 0 Å². The van der Waals surface area contributed by atoms with E-state index in [1.807, 2.05) is 0 Å². The van der Waals surface area contributed by atoms with E-state index in [0.717, 1.165) is 12.0 Å². The minimum Gasteiger partial charge on any atom is -0.309 e. The van der Waals surface area contributed by atoms with E-state index >= 15 is 0 Å². The van der Waals surface area contributed by atoms with Gasteiger partial charge in [0.15, 0.2) is 0 Å². The minimum atomic E-state index is 0.681. The van der Waals surface area contributed by atoms with Gasteiger partial charge in [-0.05, 0) is 33.9 Å². The molecule has 0 aromatic heterocycles. The molecule has 18 heavy (non-hydrogen) atoms. The summed E-state index contributed by atoms with van der Waals surface area (Å²) in [4.78, 5) is 7.61. The summed E-state index contributed by atoms with van der Waals surface area (Å²) < 4.78 is 0. The van der Waals surface area contributed by atoms with Crippen LogP contribution in [0.3, 0.4) is 0 Å². The van der Waals surface area contributed by atoms with E-state index in [-0.39, 0.29) is 0 Å². The van der Waals surface area contributed by atoms with Crippen molar-refractivity contribution < 1.29 is 0 Å². The lowest BCUT2D eigenvalue weighted by Crippen LogP contribution is -2.73. The van der Waals surface area contributed by atoms with Gasteiger partial charge >= 0.3 is 0 Å². The zero-order valence-electron chi connectivity index (χ0n) is 12.9. The number of hydrogen-bond acceptors (Lipinski definition) is 3. The first-order valence-corrected chi connectivity index (χ1v) is 7.55. The first kappa shape index (κ1) is 14.3. The maximum Gasteiger partial charge on any atom is 0.0212 e. The molecule has 3 heteroatoms. The Labute approximate surface area is 113 Å². The highest BCUT2D eigenvalue weighted by atomic mass is 15.3. The first-order chi connectivity index (χ1) is 8.44. The predicted octanol–water partition coefficient (Wildman–Crippen LogP) is 1.60. The van der Waals surface area contributed by atoms with Gasteiger partial charge in [-0.15, -0.1) is 0 Å². The van der Waals surface area contributed by atoms with Crippen molar-refractivity contribution >= 4 is 0 Å². The van der Waals surface area contributed by atoms with E-state index in [2.05, 4.69) is 49.6 Å². The molecular formula is C15H31N3. The Morgan fingerprint density at radius 3 is 2.17 bits per heavy atom. The van der Waals surface area contributed by atoms with Gasteiger partial charge in [-0.25, -0.2) is 0 Å². The van der Waals surface area contributed by atoms with Crippen molar-refractivity contribution in [3.8, 4) is 0 Å². The molecule has 1 atom stereocenters. The maximum absolute atomic E-state index is 2.68. The van der Waals surface area contributed by atoms with E-state index in [1.54, 1.807) is 0 Å². The molecule has 0 radical (unpaired) electrons. The summed E-state index contributed by atoms with van der Waals surface area (Å²) in [5.41, 5.74) is 0.681. The molecule has 2 saturated heterocycles. The highest BCUT2D eigenvalue weighted by Gasteiger charge is 2.51. The minimum absolute atomic E-state index is 0.681. The summed E-state index contributed by atoms with van der Waals surface area (Å²) in [6.07, 6.45) is 1.31. The van der Waals surface area contributed by atoms with Crippen molar-refractivity contribution in [1.29, 1.82) is 0 Å². The Kier molecular flexibility index (Phi) is 4.35. The normalized spacial score (nSPS) is 25.5.